The molecule has 1 aliphatic carbocycles. The SMILES string of the molecule is CCCCC(=O)NC1(C(=O)N[C@H](Cc2ccccc2)C(=O)N[C@@H](CCCNC(N)=O)C(=O)N[C@@H](Cc2c[nH]c3ccccc23)C(=O)NCC(N)=O)CCC(c2ccccc2)CC1. The fraction of sp³-hybridized carbons (Fsp3) is 0.413. The van der Waals surface area contributed by atoms with Crippen LogP contribution in [-0.4, -0.2) is 83.2 Å². The van der Waals surface area contributed by atoms with Gasteiger partial charge in [-0.2, -0.15) is 0 Å². The Bertz CT molecular complexity index is 2150. The highest BCUT2D eigenvalue weighted by Crippen LogP contribution is 2.38. The molecule has 1 aliphatic rings. The van der Waals surface area contributed by atoms with E-state index in [0.717, 1.165) is 28.5 Å². The van der Waals surface area contributed by atoms with Gasteiger partial charge in [-0.25, -0.2) is 4.79 Å². The van der Waals surface area contributed by atoms with Gasteiger partial charge in [-0.1, -0.05) is 92.2 Å². The van der Waals surface area contributed by atoms with E-state index in [-0.39, 0.29) is 50.5 Å². The van der Waals surface area contributed by atoms with Gasteiger partial charge < -0.3 is 48.4 Å². The van der Waals surface area contributed by atoms with Crippen molar-refractivity contribution in [3.8, 4) is 0 Å². The predicted octanol–water partition coefficient (Wildman–Crippen LogP) is 2.86. The van der Waals surface area contributed by atoms with Crippen LogP contribution in [0.1, 0.15) is 87.3 Å². The van der Waals surface area contributed by atoms with Crippen molar-refractivity contribution in [3.63, 3.8) is 0 Å². The first-order chi connectivity index (χ1) is 29.9. The van der Waals surface area contributed by atoms with Crippen molar-refractivity contribution in [2.45, 2.75) is 107 Å². The van der Waals surface area contributed by atoms with Crippen LogP contribution in [0.2, 0.25) is 0 Å². The van der Waals surface area contributed by atoms with Crippen molar-refractivity contribution in [2.75, 3.05) is 13.1 Å². The highest BCUT2D eigenvalue weighted by atomic mass is 16.2. The Morgan fingerprint density at radius 3 is 2.03 bits per heavy atom. The number of unbranched alkanes of at least 4 members (excludes halogenated alkanes) is 1. The maximum absolute atomic E-state index is 14.6. The fourth-order valence-electron chi connectivity index (χ4n) is 7.96. The smallest absolute Gasteiger partial charge is 0.312 e. The van der Waals surface area contributed by atoms with Crippen LogP contribution >= 0.6 is 0 Å². The number of rotatable bonds is 22. The summed E-state index contributed by atoms with van der Waals surface area (Å²) >= 11 is 0. The van der Waals surface area contributed by atoms with Gasteiger partial charge in [0.05, 0.1) is 6.54 Å². The zero-order valence-corrected chi connectivity index (χ0v) is 35.2. The molecular formula is C46H59N9O7. The van der Waals surface area contributed by atoms with Crippen molar-refractivity contribution in [2.24, 2.45) is 11.5 Å². The monoisotopic (exact) mass is 849 g/mol. The van der Waals surface area contributed by atoms with E-state index >= 15 is 0 Å². The minimum atomic E-state index is -1.28. The molecule has 0 aliphatic heterocycles. The van der Waals surface area contributed by atoms with Crippen LogP contribution in [0, 0.1) is 0 Å². The van der Waals surface area contributed by atoms with Gasteiger partial charge in [0.15, 0.2) is 0 Å². The molecule has 62 heavy (non-hydrogen) atoms. The van der Waals surface area contributed by atoms with Crippen LogP contribution in [0.4, 0.5) is 4.79 Å². The van der Waals surface area contributed by atoms with Gasteiger partial charge in [0, 0.05) is 42.9 Å². The van der Waals surface area contributed by atoms with Gasteiger partial charge >= 0.3 is 6.03 Å². The standard InChI is InChI=1S/C46H59N9O7/c1-2-3-20-40(57)55-46(23-21-32(22-24-46)31-15-8-5-9-16-31)44(61)54-37(26-30-13-6-4-7-14-30)43(60)52-36(19-12-25-49-45(48)62)42(59)53-38(41(58)51-29-39(47)56)27-33-28-50-35-18-11-10-17-34(33)35/h4-11,13-18,28,32,36-38,50H,2-3,12,19-27,29H2,1H3,(H2,47,56)(H,51,58)(H,52,60)(H,53,59)(H,54,61)(H,55,57)(H3,48,49,62)/t32?,36-,37+,38-,46?/m0/s1. The highest BCUT2D eigenvalue weighted by Gasteiger charge is 2.44. The largest absolute Gasteiger partial charge is 0.368 e. The number of primary amides is 2. The summed E-state index contributed by atoms with van der Waals surface area (Å²) in [6.45, 7) is 1.60. The van der Waals surface area contributed by atoms with E-state index in [1.165, 1.54) is 0 Å². The molecular weight excluding hydrogens is 791 g/mol. The number of fused-ring (bicyclic) bond motifs is 1. The average molecular weight is 850 g/mol. The molecule has 16 heteroatoms. The third-order valence-electron chi connectivity index (χ3n) is 11.4. The molecule has 0 unspecified atom stereocenters. The van der Waals surface area contributed by atoms with Crippen molar-refractivity contribution in [3.05, 3.63) is 108 Å². The maximum atomic E-state index is 14.6. The molecule has 1 fully saturated rings. The highest BCUT2D eigenvalue weighted by molar-refractivity contribution is 5.98. The Morgan fingerprint density at radius 2 is 1.35 bits per heavy atom. The lowest BCUT2D eigenvalue weighted by molar-refractivity contribution is -0.138. The Morgan fingerprint density at radius 1 is 0.726 bits per heavy atom. The number of aromatic nitrogens is 1. The minimum absolute atomic E-state index is 0.00483. The zero-order chi connectivity index (χ0) is 44.5. The van der Waals surface area contributed by atoms with Crippen LogP contribution in [-0.2, 0) is 41.6 Å². The number of urea groups is 1. The number of benzene rings is 3. The average Bonchev–Trinajstić information content (AvgIpc) is 3.68. The molecule has 1 saturated carbocycles. The maximum Gasteiger partial charge on any atom is 0.312 e. The van der Waals surface area contributed by atoms with Gasteiger partial charge in [-0.3, -0.25) is 28.8 Å². The molecule has 16 nitrogen and oxygen atoms in total. The first-order valence-corrected chi connectivity index (χ1v) is 21.3. The van der Waals surface area contributed by atoms with Gasteiger partial charge in [0.2, 0.25) is 35.4 Å². The number of para-hydroxylation sites is 1. The third kappa shape index (κ3) is 13.4. The lowest BCUT2D eigenvalue weighted by Gasteiger charge is -2.40. The van der Waals surface area contributed by atoms with E-state index in [4.69, 9.17) is 11.5 Å². The minimum Gasteiger partial charge on any atom is -0.368 e. The Labute approximate surface area is 361 Å². The van der Waals surface area contributed by atoms with Crippen molar-refractivity contribution in [1.29, 1.82) is 0 Å². The fourth-order valence-corrected chi connectivity index (χ4v) is 7.96. The summed E-state index contributed by atoms with van der Waals surface area (Å²) < 4.78 is 0. The van der Waals surface area contributed by atoms with E-state index in [9.17, 15) is 33.6 Å². The van der Waals surface area contributed by atoms with Gasteiger partial charge in [-0.05, 0) is 73.6 Å². The first-order valence-electron chi connectivity index (χ1n) is 21.3. The molecule has 1 heterocycles. The Kier molecular flexibility index (Phi) is 17.0. The number of H-pyrrole nitrogens is 1. The number of nitrogens with one attached hydrogen (secondary N) is 7. The molecule has 3 atom stereocenters. The molecule has 0 spiro atoms. The molecule has 5 rings (SSSR count). The van der Waals surface area contributed by atoms with Crippen molar-refractivity contribution >= 4 is 52.4 Å². The molecule has 330 valence electrons. The number of hydrogen-bond donors (Lipinski definition) is 9. The number of carbonyl (C=O) groups is 7. The number of aromatic amines is 1. The summed E-state index contributed by atoms with van der Waals surface area (Å²) in [4.78, 5) is 96.4. The van der Waals surface area contributed by atoms with Crippen LogP contribution in [0.3, 0.4) is 0 Å². The second-order valence-electron chi connectivity index (χ2n) is 15.9. The lowest BCUT2D eigenvalue weighted by Crippen LogP contribution is -2.64. The van der Waals surface area contributed by atoms with Crippen molar-refractivity contribution < 1.29 is 33.6 Å². The topological polar surface area (TPSA) is 260 Å². The molecule has 0 saturated heterocycles. The first kappa shape index (κ1) is 46.4. The van der Waals surface area contributed by atoms with Crippen LogP contribution in [0.15, 0.2) is 91.1 Å². The summed E-state index contributed by atoms with van der Waals surface area (Å²) in [6.07, 6.45) is 5.69. The summed E-state index contributed by atoms with van der Waals surface area (Å²) in [5.74, 6) is -3.41. The zero-order valence-electron chi connectivity index (χ0n) is 35.2. The normalized spacial score (nSPS) is 17.4. The predicted molar refractivity (Wildman–Crippen MR) is 235 cm³/mol. The summed E-state index contributed by atoms with van der Waals surface area (Å²) in [6, 6.07) is 22.1. The second kappa shape index (κ2) is 22.8. The lowest BCUT2D eigenvalue weighted by atomic mass is 9.73. The molecule has 3 aromatic carbocycles. The van der Waals surface area contributed by atoms with E-state index in [1.807, 2.05) is 79.7 Å². The Balaban J connectivity index is 1.41. The van der Waals surface area contributed by atoms with Gasteiger partial charge in [0.1, 0.15) is 23.7 Å². The molecule has 8 amide bonds. The quantitative estimate of drug-likeness (QED) is 0.0534. The van der Waals surface area contributed by atoms with Gasteiger partial charge in [0.25, 0.3) is 0 Å². The number of amides is 8. The molecule has 0 radical (unpaired) electrons. The van der Waals surface area contributed by atoms with Crippen LogP contribution in [0.25, 0.3) is 10.9 Å². The summed E-state index contributed by atoms with van der Waals surface area (Å²) in [5, 5.41) is 17.4. The Hall–Kier alpha value is -6.71. The van der Waals surface area contributed by atoms with E-state index in [2.05, 4.69) is 49.0 Å². The summed E-state index contributed by atoms with van der Waals surface area (Å²) in [5.41, 5.74) is 12.7. The molecule has 11 N–H and O–H groups in total. The number of hydrogen-bond acceptors (Lipinski definition) is 7. The van der Waals surface area contributed by atoms with E-state index in [0.29, 0.717) is 37.7 Å². The number of carbonyl (C=O) groups excluding carboxylic acids is 7. The second-order valence-corrected chi connectivity index (χ2v) is 15.9. The third-order valence-corrected chi connectivity index (χ3v) is 11.4. The van der Waals surface area contributed by atoms with Gasteiger partial charge in [-0.15, -0.1) is 0 Å². The molecule has 1 aromatic heterocycles. The van der Waals surface area contributed by atoms with E-state index in [1.54, 1.807) is 6.20 Å². The molecule has 0 bridgehead atoms. The van der Waals surface area contributed by atoms with Crippen molar-refractivity contribution in [1.82, 2.24) is 36.9 Å². The molecule has 4 aromatic rings. The summed E-state index contributed by atoms with van der Waals surface area (Å²) in [7, 11) is 0. The van der Waals surface area contributed by atoms with Crippen LogP contribution in [0.5, 0.6) is 0 Å². The van der Waals surface area contributed by atoms with E-state index < -0.39 is 65.8 Å². The number of nitrogens with two attached hydrogens (primary N) is 2. The van der Waals surface area contributed by atoms with Crippen LogP contribution < -0.4 is 43.4 Å².